The van der Waals surface area contributed by atoms with E-state index in [9.17, 15) is 35.4 Å². The van der Waals surface area contributed by atoms with Crippen LogP contribution in [0.5, 0.6) is 0 Å². The number of carbonyl (C=O) groups is 1. The third-order valence-electron chi connectivity index (χ3n) is 11.8. The predicted octanol–water partition coefficient (Wildman–Crippen LogP) is 1.48. The van der Waals surface area contributed by atoms with E-state index < -0.39 is 53.9 Å². The number of aliphatic hydroxyl groups excluding tert-OH is 5. The molecule has 0 amide bonds. The van der Waals surface area contributed by atoms with Gasteiger partial charge in [0.2, 0.25) is 0 Å². The van der Waals surface area contributed by atoms with Gasteiger partial charge in [0, 0.05) is 5.92 Å². The summed E-state index contributed by atoms with van der Waals surface area (Å²) in [6.07, 6.45) is 0.343. The van der Waals surface area contributed by atoms with Gasteiger partial charge in [-0.1, -0.05) is 27.7 Å². The molecule has 36 heavy (non-hydrogen) atoms. The summed E-state index contributed by atoms with van der Waals surface area (Å²) in [4.78, 5) is 13.0. The molecular weight excluding hydrogens is 464 g/mol. The number of carbonyl (C=O) groups excluding carboxylic acids is 1. The summed E-state index contributed by atoms with van der Waals surface area (Å²) in [6.45, 7) is 9.32. The molecule has 0 bridgehead atoms. The number of fused-ring (bicyclic) bond motifs is 5. The Bertz CT molecular complexity index is 817. The van der Waals surface area contributed by atoms with E-state index in [1.165, 1.54) is 6.92 Å². The third kappa shape index (κ3) is 4.34. The van der Waals surface area contributed by atoms with Crippen LogP contribution in [0, 0.1) is 52.3 Å². The molecule has 1 heterocycles. The van der Waals surface area contributed by atoms with E-state index in [1.54, 1.807) is 6.92 Å². The minimum atomic E-state index is -1.49. The van der Waals surface area contributed by atoms with Crippen LogP contribution in [-0.2, 0) is 9.53 Å². The summed E-state index contributed by atoms with van der Waals surface area (Å²) < 4.78 is 5.83. The van der Waals surface area contributed by atoms with Gasteiger partial charge < -0.3 is 35.4 Å². The fraction of sp³-hybridized carbons (Fsp3) is 0.964. The first-order valence-electron chi connectivity index (χ1n) is 13.9. The van der Waals surface area contributed by atoms with Gasteiger partial charge in [-0.3, -0.25) is 4.79 Å². The van der Waals surface area contributed by atoms with Gasteiger partial charge in [0.25, 0.3) is 0 Å². The molecule has 1 aliphatic heterocycles. The van der Waals surface area contributed by atoms with Gasteiger partial charge in [-0.15, -0.1) is 0 Å². The Morgan fingerprint density at radius 1 is 1.03 bits per heavy atom. The smallest absolute Gasteiger partial charge is 0.309 e. The Hall–Kier alpha value is -0.770. The van der Waals surface area contributed by atoms with Crippen molar-refractivity contribution in [3.05, 3.63) is 0 Å². The molecule has 4 fully saturated rings. The molecule has 4 rings (SSSR count). The molecule has 1 saturated heterocycles. The molecule has 4 aliphatic rings. The van der Waals surface area contributed by atoms with Crippen LogP contribution < -0.4 is 0 Å². The average molecular weight is 513 g/mol. The molecule has 6 N–H and O–H groups in total. The van der Waals surface area contributed by atoms with E-state index in [-0.39, 0.29) is 41.5 Å². The van der Waals surface area contributed by atoms with Crippen LogP contribution in [-0.4, -0.2) is 79.8 Å². The van der Waals surface area contributed by atoms with Crippen molar-refractivity contribution in [3.63, 3.8) is 0 Å². The Kier molecular flexibility index (Phi) is 7.66. The fourth-order valence-corrected chi connectivity index (χ4v) is 9.05. The largest absolute Gasteiger partial charge is 0.465 e. The molecule has 8 heteroatoms. The van der Waals surface area contributed by atoms with E-state index in [2.05, 4.69) is 13.8 Å². The zero-order valence-corrected chi connectivity index (χ0v) is 22.5. The van der Waals surface area contributed by atoms with Crippen LogP contribution in [0.15, 0.2) is 0 Å². The van der Waals surface area contributed by atoms with Crippen molar-refractivity contribution in [1.82, 2.24) is 0 Å². The van der Waals surface area contributed by atoms with Crippen molar-refractivity contribution < 1.29 is 40.2 Å². The molecule has 3 saturated carbocycles. The van der Waals surface area contributed by atoms with E-state index >= 15 is 0 Å². The number of rotatable bonds is 6. The lowest BCUT2D eigenvalue weighted by Crippen LogP contribution is -2.55. The van der Waals surface area contributed by atoms with E-state index in [0.29, 0.717) is 18.9 Å². The molecule has 208 valence electrons. The van der Waals surface area contributed by atoms with Crippen LogP contribution in [0.2, 0.25) is 0 Å². The topological polar surface area (TPSA) is 148 Å². The maximum absolute atomic E-state index is 13.0. The van der Waals surface area contributed by atoms with Gasteiger partial charge in [0.05, 0.1) is 49.1 Å². The highest BCUT2D eigenvalue weighted by molar-refractivity contribution is 5.74. The van der Waals surface area contributed by atoms with Crippen LogP contribution >= 0.6 is 0 Å². The maximum atomic E-state index is 13.0. The monoisotopic (exact) mass is 512 g/mol. The van der Waals surface area contributed by atoms with Crippen LogP contribution in [0.3, 0.4) is 0 Å². The number of aliphatic hydroxyl groups is 6. The van der Waals surface area contributed by atoms with Crippen molar-refractivity contribution in [1.29, 1.82) is 0 Å². The highest BCUT2D eigenvalue weighted by atomic mass is 16.5. The lowest BCUT2D eigenvalue weighted by Gasteiger charge is -2.56. The average Bonchev–Trinajstić information content (AvgIpc) is 3.14. The van der Waals surface area contributed by atoms with E-state index in [0.717, 1.165) is 25.7 Å². The summed E-state index contributed by atoms with van der Waals surface area (Å²) in [7, 11) is 0. The summed E-state index contributed by atoms with van der Waals surface area (Å²) in [5.41, 5.74) is -2.02. The Morgan fingerprint density at radius 2 is 1.67 bits per heavy atom. The second-order valence-electron chi connectivity index (χ2n) is 13.5. The number of hydrogen-bond acceptors (Lipinski definition) is 8. The quantitative estimate of drug-likeness (QED) is 0.293. The second-order valence-corrected chi connectivity index (χ2v) is 13.5. The van der Waals surface area contributed by atoms with Gasteiger partial charge in [0.1, 0.15) is 0 Å². The molecule has 0 aromatic heterocycles. The minimum absolute atomic E-state index is 0.0978. The van der Waals surface area contributed by atoms with Crippen molar-refractivity contribution in [2.45, 2.75) is 103 Å². The van der Waals surface area contributed by atoms with E-state index in [1.807, 2.05) is 6.92 Å². The van der Waals surface area contributed by atoms with Gasteiger partial charge in [-0.05, 0) is 85.9 Å². The molecule has 14 atom stereocenters. The van der Waals surface area contributed by atoms with Gasteiger partial charge in [-0.2, -0.15) is 0 Å². The third-order valence-corrected chi connectivity index (χ3v) is 11.8. The number of hydrogen-bond donors (Lipinski definition) is 6. The highest BCUT2D eigenvalue weighted by Crippen LogP contribution is 2.66. The lowest BCUT2D eigenvalue weighted by atomic mass is 9.48. The molecule has 0 unspecified atom stereocenters. The Morgan fingerprint density at radius 3 is 2.31 bits per heavy atom. The van der Waals surface area contributed by atoms with Gasteiger partial charge in [-0.25, -0.2) is 0 Å². The molecule has 0 spiro atoms. The van der Waals surface area contributed by atoms with Gasteiger partial charge in [0.15, 0.2) is 0 Å². The summed E-state index contributed by atoms with van der Waals surface area (Å²) in [6, 6.07) is 0. The minimum Gasteiger partial charge on any atom is -0.465 e. The van der Waals surface area contributed by atoms with Crippen LogP contribution in [0.1, 0.15) is 73.1 Å². The molecular formula is C28H48O8. The Balaban J connectivity index is 1.56. The number of esters is 1. The van der Waals surface area contributed by atoms with Crippen LogP contribution in [0.25, 0.3) is 0 Å². The molecule has 0 radical (unpaired) electrons. The zero-order chi connectivity index (χ0) is 26.8. The normalized spacial score (nSPS) is 47.8. The fourth-order valence-electron chi connectivity index (χ4n) is 9.05. The molecule has 3 aliphatic carbocycles. The summed E-state index contributed by atoms with van der Waals surface area (Å²) in [5.74, 6) is -0.787. The predicted molar refractivity (Wildman–Crippen MR) is 132 cm³/mol. The molecule has 8 nitrogen and oxygen atoms in total. The first-order chi connectivity index (χ1) is 16.7. The summed E-state index contributed by atoms with van der Waals surface area (Å²) in [5, 5.41) is 62.9. The number of ether oxygens (including phenoxy) is 1. The maximum Gasteiger partial charge on any atom is 0.309 e. The number of cyclic esters (lactones) is 1. The highest BCUT2D eigenvalue weighted by Gasteiger charge is 2.63. The zero-order valence-electron chi connectivity index (χ0n) is 22.5. The Labute approximate surface area is 215 Å². The second kappa shape index (κ2) is 9.76. The van der Waals surface area contributed by atoms with Crippen molar-refractivity contribution in [3.8, 4) is 0 Å². The van der Waals surface area contributed by atoms with E-state index in [4.69, 9.17) is 4.74 Å². The summed E-state index contributed by atoms with van der Waals surface area (Å²) >= 11 is 0. The molecule has 0 aromatic carbocycles. The van der Waals surface area contributed by atoms with Crippen LogP contribution in [0.4, 0.5) is 0 Å². The SMILES string of the molecule is C[C@H]([C@@H](O)[C@H](O)[C@H](C)[C@](C)(O)CO)[C@H]1CC[C@H]2[C@@H]3COC(=O)[C@H]4C[C@H](O)[C@H](O)C[C@]4(C)[C@H]3CC[C@]12C. The first kappa shape index (κ1) is 28.2. The first-order valence-corrected chi connectivity index (χ1v) is 13.9. The molecule has 0 aromatic rings. The van der Waals surface area contributed by atoms with Gasteiger partial charge >= 0.3 is 5.97 Å². The lowest BCUT2D eigenvalue weighted by molar-refractivity contribution is -0.162. The van der Waals surface area contributed by atoms with Crippen molar-refractivity contribution in [2.75, 3.05) is 13.2 Å². The van der Waals surface area contributed by atoms with Crippen molar-refractivity contribution >= 4 is 5.97 Å². The standard InChI is InChI=1S/C28H48O8/c1-14(23(32)24(33)15(2)28(5,35)13-29)17-6-7-18-16-12-36-25(34)20-10-21(30)22(31)11-27(20,4)19(16)8-9-26(17,18)3/h14-24,29-33,35H,6-13H2,1-5H3/t14-,15-,16-,17+,18-,19-,20+,21-,22+,23+,24+,26+,27+,28+/m0/s1. The van der Waals surface area contributed by atoms with Crippen molar-refractivity contribution in [2.24, 2.45) is 52.3 Å².